The minimum absolute atomic E-state index is 0.00103. The SMILES string of the molecule is COCCCNC(=O)C(C)NC(C)c1ccccn1. The van der Waals surface area contributed by atoms with Crippen LogP contribution in [0.2, 0.25) is 0 Å². The molecule has 106 valence electrons. The van der Waals surface area contributed by atoms with Crippen LogP contribution in [0.25, 0.3) is 0 Å². The molecule has 1 aromatic heterocycles. The fraction of sp³-hybridized carbons (Fsp3) is 0.571. The van der Waals surface area contributed by atoms with Crippen molar-refractivity contribution in [3.63, 3.8) is 0 Å². The summed E-state index contributed by atoms with van der Waals surface area (Å²) in [7, 11) is 1.65. The summed E-state index contributed by atoms with van der Waals surface area (Å²) in [6, 6.07) is 5.56. The Labute approximate surface area is 114 Å². The van der Waals surface area contributed by atoms with E-state index in [2.05, 4.69) is 15.6 Å². The number of ether oxygens (including phenoxy) is 1. The van der Waals surface area contributed by atoms with Crippen LogP contribution in [0.3, 0.4) is 0 Å². The van der Waals surface area contributed by atoms with E-state index < -0.39 is 0 Å². The Balaban J connectivity index is 2.33. The maximum absolute atomic E-state index is 11.8. The summed E-state index contributed by atoms with van der Waals surface area (Å²) in [6.07, 6.45) is 2.58. The van der Waals surface area contributed by atoms with Gasteiger partial charge < -0.3 is 10.1 Å². The van der Waals surface area contributed by atoms with Gasteiger partial charge in [-0.1, -0.05) is 6.07 Å². The molecule has 19 heavy (non-hydrogen) atoms. The van der Waals surface area contributed by atoms with E-state index in [1.165, 1.54) is 0 Å². The predicted octanol–water partition coefficient (Wildman–Crippen LogP) is 1.27. The molecule has 0 fully saturated rings. The van der Waals surface area contributed by atoms with Gasteiger partial charge in [-0.3, -0.25) is 15.1 Å². The van der Waals surface area contributed by atoms with Gasteiger partial charge in [0.1, 0.15) is 0 Å². The Morgan fingerprint density at radius 1 is 1.42 bits per heavy atom. The maximum atomic E-state index is 11.8. The fourth-order valence-electron chi connectivity index (χ4n) is 1.75. The van der Waals surface area contributed by atoms with E-state index in [1.54, 1.807) is 13.3 Å². The number of rotatable bonds is 8. The number of carbonyl (C=O) groups excluding carboxylic acids is 1. The highest BCUT2D eigenvalue weighted by atomic mass is 16.5. The van der Waals surface area contributed by atoms with Crippen molar-refractivity contribution in [3.05, 3.63) is 30.1 Å². The van der Waals surface area contributed by atoms with Crippen LogP contribution in [0.15, 0.2) is 24.4 Å². The van der Waals surface area contributed by atoms with Crippen molar-refractivity contribution in [1.82, 2.24) is 15.6 Å². The smallest absolute Gasteiger partial charge is 0.236 e. The molecule has 1 rings (SSSR count). The zero-order valence-electron chi connectivity index (χ0n) is 11.8. The second-order valence-electron chi connectivity index (χ2n) is 4.50. The van der Waals surface area contributed by atoms with E-state index in [9.17, 15) is 4.79 Å². The molecule has 0 aliphatic rings. The summed E-state index contributed by atoms with van der Waals surface area (Å²) in [6.45, 7) is 5.14. The number of methoxy groups -OCH3 is 1. The Morgan fingerprint density at radius 2 is 2.21 bits per heavy atom. The summed E-state index contributed by atoms with van der Waals surface area (Å²) in [4.78, 5) is 16.1. The molecule has 0 aliphatic carbocycles. The Kier molecular flexibility index (Phi) is 7.07. The van der Waals surface area contributed by atoms with Crippen LogP contribution in [0.1, 0.15) is 32.0 Å². The first-order chi connectivity index (χ1) is 9.15. The monoisotopic (exact) mass is 265 g/mol. The van der Waals surface area contributed by atoms with Crippen molar-refractivity contribution < 1.29 is 9.53 Å². The Morgan fingerprint density at radius 3 is 2.84 bits per heavy atom. The average molecular weight is 265 g/mol. The lowest BCUT2D eigenvalue weighted by atomic mass is 10.2. The molecule has 0 saturated heterocycles. The molecule has 2 N–H and O–H groups in total. The first kappa shape index (κ1) is 15.6. The third-order valence-electron chi connectivity index (χ3n) is 2.85. The Hall–Kier alpha value is -1.46. The average Bonchev–Trinajstić information content (AvgIpc) is 2.44. The van der Waals surface area contributed by atoms with E-state index in [0.717, 1.165) is 12.1 Å². The van der Waals surface area contributed by atoms with Gasteiger partial charge in [-0.15, -0.1) is 0 Å². The highest BCUT2D eigenvalue weighted by molar-refractivity contribution is 5.81. The van der Waals surface area contributed by atoms with Gasteiger partial charge in [-0.25, -0.2) is 0 Å². The van der Waals surface area contributed by atoms with Gasteiger partial charge in [0.2, 0.25) is 5.91 Å². The number of nitrogens with one attached hydrogen (secondary N) is 2. The van der Waals surface area contributed by atoms with Crippen LogP contribution in [-0.2, 0) is 9.53 Å². The second kappa shape index (κ2) is 8.61. The number of aromatic nitrogens is 1. The minimum atomic E-state index is -0.250. The van der Waals surface area contributed by atoms with Crippen molar-refractivity contribution in [3.8, 4) is 0 Å². The zero-order valence-corrected chi connectivity index (χ0v) is 11.8. The molecule has 0 bridgehead atoms. The van der Waals surface area contributed by atoms with Crippen molar-refractivity contribution >= 4 is 5.91 Å². The molecule has 0 aromatic carbocycles. The maximum Gasteiger partial charge on any atom is 0.236 e. The van der Waals surface area contributed by atoms with Crippen LogP contribution in [0.4, 0.5) is 0 Å². The molecule has 0 spiro atoms. The van der Waals surface area contributed by atoms with Crippen molar-refractivity contribution in [2.45, 2.75) is 32.4 Å². The minimum Gasteiger partial charge on any atom is -0.385 e. The van der Waals surface area contributed by atoms with Gasteiger partial charge in [0.15, 0.2) is 0 Å². The highest BCUT2D eigenvalue weighted by Gasteiger charge is 2.16. The van der Waals surface area contributed by atoms with Crippen LogP contribution in [0.5, 0.6) is 0 Å². The largest absolute Gasteiger partial charge is 0.385 e. The van der Waals surface area contributed by atoms with Crippen LogP contribution >= 0.6 is 0 Å². The number of pyridine rings is 1. The third-order valence-corrected chi connectivity index (χ3v) is 2.85. The van der Waals surface area contributed by atoms with Crippen LogP contribution < -0.4 is 10.6 Å². The molecule has 1 amide bonds. The van der Waals surface area contributed by atoms with Gasteiger partial charge in [0.05, 0.1) is 11.7 Å². The molecular formula is C14H23N3O2. The third kappa shape index (κ3) is 5.81. The molecule has 0 saturated carbocycles. The molecule has 2 unspecified atom stereocenters. The molecule has 1 heterocycles. The predicted molar refractivity (Wildman–Crippen MR) is 74.8 cm³/mol. The van der Waals surface area contributed by atoms with Gasteiger partial charge in [0, 0.05) is 32.5 Å². The lowest BCUT2D eigenvalue weighted by Gasteiger charge is -2.19. The molecule has 5 heteroatoms. The second-order valence-corrected chi connectivity index (χ2v) is 4.50. The van der Waals surface area contributed by atoms with Gasteiger partial charge in [0.25, 0.3) is 0 Å². The number of carbonyl (C=O) groups is 1. The first-order valence-electron chi connectivity index (χ1n) is 6.58. The number of nitrogens with zero attached hydrogens (tertiary/aromatic N) is 1. The van der Waals surface area contributed by atoms with E-state index in [1.807, 2.05) is 32.0 Å². The summed E-state index contributed by atoms with van der Waals surface area (Å²) in [5, 5.41) is 6.10. The van der Waals surface area contributed by atoms with E-state index in [-0.39, 0.29) is 18.0 Å². The number of hydrogen-bond acceptors (Lipinski definition) is 4. The quantitative estimate of drug-likeness (QED) is 0.695. The van der Waals surface area contributed by atoms with E-state index >= 15 is 0 Å². The number of amides is 1. The normalized spacial score (nSPS) is 13.8. The first-order valence-corrected chi connectivity index (χ1v) is 6.58. The van der Waals surface area contributed by atoms with Crippen molar-refractivity contribution in [2.24, 2.45) is 0 Å². The lowest BCUT2D eigenvalue weighted by molar-refractivity contribution is -0.122. The van der Waals surface area contributed by atoms with Crippen molar-refractivity contribution in [2.75, 3.05) is 20.3 Å². The van der Waals surface area contributed by atoms with Gasteiger partial charge >= 0.3 is 0 Å². The standard InChI is InChI=1S/C14H23N3O2/c1-11(13-7-4-5-8-15-13)17-12(2)14(18)16-9-6-10-19-3/h4-5,7-8,11-12,17H,6,9-10H2,1-3H3,(H,16,18). The van der Waals surface area contributed by atoms with Gasteiger partial charge in [-0.2, -0.15) is 0 Å². The Bertz CT molecular complexity index is 370. The lowest BCUT2D eigenvalue weighted by Crippen LogP contribution is -2.43. The molecule has 2 atom stereocenters. The summed E-state index contributed by atoms with van der Waals surface area (Å²) in [5.41, 5.74) is 0.932. The van der Waals surface area contributed by atoms with Crippen LogP contribution in [-0.4, -0.2) is 37.2 Å². The summed E-state index contributed by atoms with van der Waals surface area (Å²) >= 11 is 0. The van der Waals surface area contributed by atoms with Crippen LogP contribution in [0, 0.1) is 0 Å². The molecule has 0 aliphatic heterocycles. The van der Waals surface area contributed by atoms with Gasteiger partial charge in [-0.05, 0) is 32.4 Å². The zero-order chi connectivity index (χ0) is 14.1. The molecule has 0 radical (unpaired) electrons. The number of hydrogen-bond donors (Lipinski definition) is 2. The van der Waals surface area contributed by atoms with E-state index in [0.29, 0.717) is 13.2 Å². The summed E-state index contributed by atoms with van der Waals surface area (Å²) < 4.78 is 4.93. The summed E-state index contributed by atoms with van der Waals surface area (Å²) in [5.74, 6) is -0.00103. The fourth-order valence-corrected chi connectivity index (χ4v) is 1.75. The van der Waals surface area contributed by atoms with E-state index in [4.69, 9.17) is 4.74 Å². The molecular weight excluding hydrogens is 242 g/mol. The topological polar surface area (TPSA) is 63.2 Å². The molecule has 1 aromatic rings. The molecule has 5 nitrogen and oxygen atoms in total. The van der Waals surface area contributed by atoms with Crippen molar-refractivity contribution in [1.29, 1.82) is 0 Å². The highest BCUT2D eigenvalue weighted by Crippen LogP contribution is 2.08.